The van der Waals surface area contributed by atoms with Crippen LogP contribution in [-0.4, -0.2) is 31.1 Å². The third kappa shape index (κ3) is 5.35. The van der Waals surface area contributed by atoms with Crippen molar-refractivity contribution >= 4 is 15.7 Å². The topological polar surface area (TPSA) is 102 Å². The van der Waals surface area contributed by atoms with E-state index in [1.165, 1.54) is 18.2 Å². The monoisotopic (exact) mass is 383 g/mol. The smallest absolute Gasteiger partial charge is 0.335 e. The highest BCUT2D eigenvalue weighted by Crippen LogP contribution is 2.18. The molecule has 0 unspecified atom stereocenters. The number of nitrogens with zero attached hydrogens (tertiary/aromatic N) is 2. The molecule has 7 nitrogen and oxygen atoms in total. The molecule has 2 rings (SSSR count). The van der Waals surface area contributed by atoms with E-state index in [1.807, 2.05) is 20.8 Å². The predicted octanol–water partition coefficient (Wildman–Crippen LogP) is 2.28. The van der Waals surface area contributed by atoms with Crippen LogP contribution in [0, 0.1) is 11.2 Å². The normalized spacial score (nSPS) is 12.2. The lowest BCUT2D eigenvalue weighted by Gasteiger charge is -2.17. The van der Waals surface area contributed by atoms with E-state index in [0.717, 1.165) is 0 Å². The van der Waals surface area contributed by atoms with Crippen LogP contribution in [-0.2, 0) is 26.8 Å². The Morgan fingerprint density at radius 1 is 1.23 bits per heavy atom. The van der Waals surface area contributed by atoms with Crippen LogP contribution in [0.25, 0.3) is 0 Å². The zero-order valence-electron chi connectivity index (χ0n) is 15.0. The molecule has 9 heteroatoms. The molecule has 0 bridgehead atoms. The number of halogens is 1. The number of nitrogens with one attached hydrogen (secondary N) is 1. The maximum absolute atomic E-state index is 13.6. The maximum atomic E-state index is 13.6. The SMILES string of the molecule is CC(C)(C)C(=O)NCCCc1nnc(S(=O)(=O)Cc2ccccc2F)o1. The minimum absolute atomic E-state index is 0.0390. The molecular weight excluding hydrogens is 361 g/mol. The number of rotatable bonds is 7. The fourth-order valence-electron chi connectivity index (χ4n) is 2.05. The molecule has 26 heavy (non-hydrogen) atoms. The fraction of sp³-hybridized carbons (Fsp3) is 0.471. The van der Waals surface area contributed by atoms with Gasteiger partial charge in [-0.2, -0.15) is 0 Å². The third-order valence-corrected chi connectivity index (χ3v) is 4.94. The maximum Gasteiger partial charge on any atom is 0.335 e. The highest BCUT2D eigenvalue weighted by molar-refractivity contribution is 7.90. The molecule has 0 saturated heterocycles. The number of aromatic nitrogens is 2. The summed E-state index contributed by atoms with van der Waals surface area (Å²) in [6.45, 7) is 5.85. The minimum atomic E-state index is -3.93. The fourth-order valence-corrected chi connectivity index (χ4v) is 3.21. The Hall–Kier alpha value is -2.29. The molecular formula is C17H22FN3O4S. The van der Waals surface area contributed by atoms with E-state index in [-0.39, 0.29) is 17.4 Å². The molecule has 2 aromatic rings. The van der Waals surface area contributed by atoms with Gasteiger partial charge in [-0.15, -0.1) is 5.10 Å². The number of benzene rings is 1. The van der Waals surface area contributed by atoms with Gasteiger partial charge < -0.3 is 9.73 Å². The summed E-state index contributed by atoms with van der Waals surface area (Å²) >= 11 is 0. The van der Waals surface area contributed by atoms with Crippen molar-refractivity contribution in [2.75, 3.05) is 6.54 Å². The van der Waals surface area contributed by atoms with Gasteiger partial charge in [0.1, 0.15) is 5.82 Å². The van der Waals surface area contributed by atoms with E-state index in [1.54, 1.807) is 6.07 Å². The van der Waals surface area contributed by atoms with Crippen LogP contribution in [0.2, 0.25) is 0 Å². The summed E-state index contributed by atoms with van der Waals surface area (Å²) in [6.07, 6.45) is 0.851. The molecule has 1 aromatic carbocycles. The van der Waals surface area contributed by atoms with Crippen molar-refractivity contribution in [3.05, 3.63) is 41.5 Å². The number of carbonyl (C=O) groups excluding carboxylic acids is 1. The summed E-state index contributed by atoms with van der Waals surface area (Å²) in [4.78, 5) is 11.7. The van der Waals surface area contributed by atoms with Gasteiger partial charge in [-0.1, -0.05) is 44.1 Å². The average Bonchev–Trinajstić information content (AvgIpc) is 3.02. The molecule has 1 amide bonds. The van der Waals surface area contributed by atoms with E-state index in [0.29, 0.717) is 19.4 Å². The molecule has 0 fully saturated rings. The van der Waals surface area contributed by atoms with E-state index < -0.39 is 32.0 Å². The first-order valence-corrected chi connectivity index (χ1v) is 9.81. The van der Waals surface area contributed by atoms with Crippen molar-refractivity contribution in [2.45, 2.75) is 44.6 Å². The zero-order valence-corrected chi connectivity index (χ0v) is 15.8. The summed E-state index contributed by atoms with van der Waals surface area (Å²) in [5.41, 5.74) is -0.435. The number of aryl methyl sites for hydroxylation is 1. The number of carbonyl (C=O) groups is 1. The molecule has 0 atom stereocenters. The Morgan fingerprint density at radius 3 is 2.58 bits per heavy atom. The van der Waals surface area contributed by atoms with Crippen LogP contribution in [0.15, 0.2) is 33.9 Å². The van der Waals surface area contributed by atoms with Crippen molar-refractivity contribution in [2.24, 2.45) is 5.41 Å². The quantitative estimate of drug-likeness (QED) is 0.736. The number of amides is 1. The van der Waals surface area contributed by atoms with Crippen LogP contribution >= 0.6 is 0 Å². The average molecular weight is 383 g/mol. The largest absolute Gasteiger partial charge is 0.413 e. The van der Waals surface area contributed by atoms with Crippen molar-refractivity contribution in [3.8, 4) is 0 Å². The molecule has 1 N–H and O–H groups in total. The third-order valence-electron chi connectivity index (χ3n) is 3.55. The standard InChI is InChI=1S/C17H22FN3O4S/c1-17(2,3)15(22)19-10-6-9-14-20-21-16(25-14)26(23,24)11-12-7-4-5-8-13(12)18/h4-5,7-8H,6,9-11H2,1-3H3,(H,19,22). The molecule has 0 aliphatic rings. The Bertz CT molecular complexity index is 872. The Kier molecular flexibility index (Phi) is 6.12. The van der Waals surface area contributed by atoms with Crippen molar-refractivity contribution < 1.29 is 22.0 Å². The van der Waals surface area contributed by atoms with Gasteiger partial charge in [0.25, 0.3) is 0 Å². The van der Waals surface area contributed by atoms with Crippen LogP contribution in [0.1, 0.15) is 38.6 Å². The van der Waals surface area contributed by atoms with E-state index in [9.17, 15) is 17.6 Å². The number of sulfone groups is 1. The van der Waals surface area contributed by atoms with Gasteiger partial charge in [0.05, 0.1) is 5.75 Å². The van der Waals surface area contributed by atoms with Gasteiger partial charge in [0, 0.05) is 23.9 Å². The van der Waals surface area contributed by atoms with Crippen molar-refractivity contribution in [1.82, 2.24) is 15.5 Å². The second-order valence-corrected chi connectivity index (χ2v) is 8.79. The summed E-state index contributed by atoms with van der Waals surface area (Å²) in [6, 6.07) is 5.62. The summed E-state index contributed by atoms with van der Waals surface area (Å²) in [5.74, 6) is -1.08. The van der Waals surface area contributed by atoms with Crippen LogP contribution < -0.4 is 5.32 Å². The van der Waals surface area contributed by atoms with Crippen molar-refractivity contribution in [3.63, 3.8) is 0 Å². The first-order valence-electron chi connectivity index (χ1n) is 8.16. The highest BCUT2D eigenvalue weighted by atomic mass is 32.2. The van der Waals surface area contributed by atoms with Gasteiger partial charge in [-0.05, 0) is 12.5 Å². The van der Waals surface area contributed by atoms with E-state index in [2.05, 4.69) is 15.5 Å². The molecule has 1 aromatic heterocycles. The minimum Gasteiger partial charge on any atom is -0.413 e. The highest BCUT2D eigenvalue weighted by Gasteiger charge is 2.24. The molecule has 0 saturated carbocycles. The number of hydrogen-bond donors (Lipinski definition) is 1. The molecule has 0 radical (unpaired) electrons. The summed E-state index contributed by atoms with van der Waals surface area (Å²) in [7, 11) is -3.93. The number of hydrogen-bond acceptors (Lipinski definition) is 6. The van der Waals surface area contributed by atoms with Crippen LogP contribution in [0.5, 0.6) is 0 Å². The summed E-state index contributed by atoms with van der Waals surface area (Å²) < 4.78 is 43.4. The van der Waals surface area contributed by atoms with Gasteiger partial charge in [0.15, 0.2) is 0 Å². The van der Waals surface area contributed by atoms with Crippen LogP contribution in [0.3, 0.4) is 0 Å². The molecule has 1 heterocycles. The first kappa shape index (κ1) is 20.0. The van der Waals surface area contributed by atoms with Crippen molar-refractivity contribution in [1.29, 1.82) is 0 Å². The second kappa shape index (κ2) is 7.94. The van der Waals surface area contributed by atoms with Crippen LogP contribution in [0.4, 0.5) is 4.39 Å². The van der Waals surface area contributed by atoms with Gasteiger partial charge in [-0.3, -0.25) is 4.79 Å². The first-order chi connectivity index (χ1) is 12.1. The predicted molar refractivity (Wildman–Crippen MR) is 92.4 cm³/mol. The Labute approximate surface area is 151 Å². The second-order valence-electron chi connectivity index (χ2n) is 6.92. The lowest BCUT2D eigenvalue weighted by Crippen LogP contribution is -2.35. The van der Waals surface area contributed by atoms with Gasteiger partial charge in [0.2, 0.25) is 21.6 Å². The van der Waals surface area contributed by atoms with Gasteiger partial charge in [-0.25, -0.2) is 12.8 Å². The zero-order chi connectivity index (χ0) is 19.4. The molecule has 0 aliphatic carbocycles. The lowest BCUT2D eigenvalue weighted by molar-refractivity contribution is -0.128. The van der Waals surface area contributed by atoms with E-state index >= 15 is 0 Å². The Morgan fingerprint density at radius 2 is 1.92 bits per heavy atom. The Balaban J connectivity index is 1.92. The van der Waals surface area contributed by atoms with Gasteiger partial charge >= 0.3 is 5.22 Å². The van der Waals surface area contributed by atoms with E-state index in [4.69, 9.17) is 4.42 Å². The molecule has 0 aliphatic heterocycles. The lowest BCUT2D eigenvalue weighted by atomic mass is 9.96. The molecule has 142 valence electrons. The molecule has 0 spiro atoms. The summed E-state index contributed by atoms with van der Waals surface area (Å²) in [5, 5.41) is 9.51.